The Morgan fingerprint density at radius 2 is 2.32 bits per heavy atom. The van der Waals surface area contributed by atoms with Crippen molar-refractivity contribution >= 4 is 0 Å². The minimum atomic E-state index is -0.464. The summed E-state index contributed by atoms with van der Waals surface area (Å²) in [6.07, 6.45) is 5.20. The molecule has 2 rings (SSSR count). The van der Waals surface area contributed by atoms with Crippen LogP contribution in [-0.4, -0.2) is 27.0 Å². The molecule has 0 radical (unpaired) electrons. The van der Waals surface area contributed by atoms with E-state index < -0.39 is 6.04 Å². The molecule has 7 nitrogen and oxygen atoms in total. The number of nitrogens with two attached hydrogens (primary N) is 1. The molecule has 0 aromatic carbocycles. The average molecular weight is 265 g/mol. The quantitative estimate of drug-likeness (QED) is 0.847. The Kier molecular flexibility index (Phi) is 4.28. The van der Waals surface area contributed by atoms with Crippen LogP contribution < -0.4 is 5.73 Å². The lowest BCUT2D eigenvalue weighted by molar-refractivity contribution is 0.0854. The molecule has 2 unspecified atom stereocenters. The van der Waals surface area contributed by atoms with Crippen molar-refractivity contribution in [2.24, 2.45) is 12.8 Å². The zero-order valence-corrected chi connectivity index (χ0v) is 11.4. The Hall–Kier alpha value is -1.73. The van der Waals surface area contributed by atoms with E-state index in [1.165, 1.54) is 0 Å². The van der Waals surface area contributed by atoms with Crippen LogP contribution in [0.1, 0.15) is 49.2 Å². The second-order valence-corrected chi connectivity index (χ2v) is 4.43. The second kappa shape index (κ2) is 5.94. The minimum Gasteiger partial charge on any atom is -0.373 e. The highest BCUT2D eigenvalue weighted by Gasteiger charge is 2.22. The molecule has 0 spiro atoms. The van der Waals surface area contributed by atoms with Gasteiger partial charge in [-0.15, -0.1) is 0 Å². The molecular weight excluding hydrogens is 246 g/mol. The molecule has 2 N–H and O–H groups in total. The van der Waals surface area contributed by atoms with Gasteiger partial charge in [0.25, 0.3) is 0 Å². The van der Waals surface area contributed by atoms with Gasteiger partial charge in [0, 0.05) is 25.9 Å². The summed E-state index contributed by atoms with van der Waals surface area (Å²) in [6.45, 7) is 2.08. The number of ether oxygens (including phenoxy) is 1. The molecule has 0 bridgehead atoms. The highest BCUT2D eigenvalue weighted by molar-refractivity contribution is 5.17. The monoisotopic (exact) mass is 265 g/mol. The van der Waals surface area contributed by atoms with Gasteiger partial charge >= 0.3 is 0 Å². The molecule has 2 heterocycles. The Morgan fingerprint density at radius 1 is 1.53 bits per heavy atom. The van der Waals surface area contributed by atoms with Crippen LogP contribution in [0.2, 0.25) is 0 Å². The van der Waals surface area contributed by atoms with E-state index in [1.54, 1.807) is 18.0 Å². The van der Waals surface area contributed by atoms with Gasteiger partial charge in [-0.05, 0) is 6.42 Å². The van der Waals surface area contributed by atoms with Crippen LogP contribution in [0.5, 0.6) is 0 Å². The second-order valence-electron chi connectivity index (χ2n) is 4.43. The third-order valence-electron chi connectivity index (χ3n) is 2.93. The van der Waals surface area contributed by atoms with Crippen molar-refractivity contribution in [3.63, 3.8) is 0 Å². The molecule has 0 saturated heterocycles. The van der Waals surface area contributed by atoms with Crippen molar-refractivity contribution in [2.75, 3.05) is 7.11 Å². The molecule has 0 saturated carbocycles. The van der Waals surface area contributed by atoms with Crippen LogP contribution in [-0.2, 0) is 11.8 Å². The number of aromatic nitrogens is 4. The first-order valence-electron chi connectivity index (χ1n) is 6.26. The van der Waals surface area contributed by atoms with Crippen molar-refractivity contribution in [3.8, 4) is 0 Å². The summed E-state index contributed by atoms with van der Waals surface area (Å²) in [6, 6.07) is -0.464. The summed E-state index contributed by atoms with van der Waals surface area (Å²) in [5.74, 6) is 0.917. The Morgan fingerprint density at radius 3 is 2.89 bits per heavy atom. The minimum absolute atomic E-state index is 0.149. The van der Waals surface area contributed by atoms with Gasteiger partial charge in [0.1, 0.15) is 12.1 Å². The van der Waals surface area contributed by atoms with Gasteiger partial charge in [-0.3, -0.25) is 4.68 Å². The lowest BCUT2D eigenvalue weighted by Crippen LogP contribution is -2.12. The summed E-state index contributed by atoms with van der Waals surface area (Å²) in [4.78, 5) is 4.32. The first kappa shape index (κ1) is 13.7. The molecule has 2 aromatic rings. The lowest BCUT2D eigenvalue weighted by atomic mass is 10.1. The fraction of sp³-hybridized carbons (Fsp3) is 0.583. The summed E-state index contributed by atoms with van der Waals surface area (Å²) in [5.41, 5.74) is 6.90. The summed E-state index contributed by atoms with van der Waals surface area (Å²) in [5, 5.41) is 8.01. The van der Waals surface area contributed by atoms with Crippen molar-refractivity contribution in [1.29, 1.82) is 0 Å². The molecule has 0 amide bonds. The van der Waals surface area contributed by atoms with Crippen molar-refractivity contribution in [3.05, 3.63) is 29.7 Å². The number of hydrogen-bond donors (Lipinski definition) is 1. The van der Waals surface area contributed by atoms with E-state index in [-0.39, 0.29) is 6.10 Å². The van der Waals surface area contributed by atoms with Crippen LogP contribution in [0.3, 0.4) is 0 Å². The Balaban J connectivity index is 2.16. The van der Waals surface area contributed by atoms with Gasteiger partial charge < -0.3 is 15.0 Å². The van der Waals surface area contributed by atoms with E-state index >= 15 is 0 Å². The predicted molar refractivity (Wildman–Crippen MR) is 68.2 cm³/mol. The smallest absolute Gasteiger partial charge is 0.248 e. The first-order valence-corrected chi connectivity index (χ1v) is 6.26. The molecule has 2 aromatic heterocycles. The van der Waals surface area contributed by atoms with Gasteiger partial charge in [-0.2, -0.15) is 10.1 Å². The maximum Gasteiger partial charge on any atom is 0.248 e. The van der Waals surface area contributed by atoms with Gasteiger partial charge in [-0.25, -0.2) is 0 Å². The van der Waals surface area contributed by atoms with E-state index in [1.807, 2.05) is 13.2 Å². The number of hydrogen-bond acceptors (Lipinski definition) is 6. The molecule has 0 aliphatic rings. The number of aryl methyl sites for hydroxylation is 1. The molecular formula is C12H19N5O2. The highest BCUT2D eigenvalue weighted by atomic mass is 16.5. The summed E-state index contributed by atoms with van der Waals surface area (Å²) < 4.78 is 12.2. The van der Waals surface area contributed by atoms with Gasteiger partial charge in [0.05, 0.1) is 6.20 Å². The van der Waals surface area contributed by atoms with Crippen LogP contribution in [0, 0.1) is 0 Å². The van der Waals surface area contributed by atoms with E-state index in [0.717, 1.165) is 18.4 Å². The molecule has 0 aliphatic carbocycles. The Bertz CT molecular complexity index is 522. The van der Waals surface area contributed by atoms with Crippen molar-refractivity contribution in [2.45, 2.75) is 31.9 Å². The third-order valence-corrected chi connectivity index (χ3v) is 2.93. The number of nitrogens with zero attached hydrogens (tertiary/aromatic N) is 4. The van der Waals surface area contributed by atoms with Gasteiger partial charge in [0.15, 0.2) is 0 Å². The Labute approximate surface area is 111 Å². The average Bonchev–Trinajstić information content (AvgIpc) is 3.04. The van der Waals surface area contributed by atoms with E-state index in [2.05, 4.69) is 22.2 Å². The summed E-state index contributed by atoms with van der Waals surface area (Å²) in [7, 11) is 3.47. The first-order chi connectivity index (χ1) is 9.15. The van der Waals surface area contributed by atoms with Crippen molar-refractivity contribution < 1.29 is 9.26 Å². The maximum absolute atomic E-state index is 6.07. The zero-order chi connectivity index (χ0) is 13.8. The zero-order valence-electron chi connectivity index (χ0n) is 11.4. The van der Waals surface area contributed by atoms with Crippen LogP contribution in [0.15, 0.2) is 16.9 Å². The normalized spacial score (nSPS) is 14.5. The fourth-order valence-electron chi connectivity index (χ4n) is 1.86. The molecule has 2 atom stereocenters. The highest BCUT2D eigenvalue weighted by Crippen LogP contribution is 2.22. The summed E-state index contributed by atoms with van der Waals surface area (Å²) >= 11 is 0. The molecule has 19 heavy (non-hydrogen) atoms. The molecule has 0 fully saturated rings. The van der Waals surface area contributed by atoms with E-state index in [9.17, 15) is 0 Å². The fourth-order valence-corrected chi connectivity index (χ4v) is 1.86. The van der Waals surface area contributed by atoms with Crippen molar-refractivity contribution in [1.82, 2.24) is 19.9 Å². The van der Waals surface area contributed by atoms with E-state index in [4.69, 9.17) is 15.0 Å². The maximum atomic E-state index is 6.07. The third kappa shape index (κ3) is 2.99. The van der Waals surface area contributed by atoms with E-state index in [0.29, 0.717) is 11.7 Å². The molecule has 0 aliphatic heterocycles. The van der Waals surface area contributed by atoms with Gasteiger partial charge in [0.2, 0.25) is 11.7 Å². The number of rotatable bonds is 6. The predicted octanol–water partition coefficient (Wildman–Crippen LogP) is 1.34. The number of methoxy groups -OCH3 is 1. The van der Waals surface area contributed by atoms with Crippen LogP contribution in [0.25, 0.3) is 0 Å². The lowest BCUT2D eigenvalue weighted by Gasteiger charge is -2.08. The standard InChI is InChI=1S/C12H19N5O2/c1-4-5-9(18-3)11-15-12(19-16-11)10(13)8-6-14-17(2)7-8/h6-7,9-10H,4-5,13H2,1-3H3. The SMILES string of the molecule is CCCC(OC)c1noc(C(N)c2cnn(C)c2)n1. The van der Waals surface area contributed by atoms with Crippen LogP contribution >= 0.6 is 0 Å². The van der Waals surface area contributed by atoms with Crippen LogP contribution in [0.4, 0.5) is 0 Å². The van der Waals surface area contributed by atoms with Gasteiger partial charge in [-0.1, -0.05) is 18.5 Å². The molecule has 7 heteroatoms. The largest absolute Gasteiger partial charge is 0.373 e. The molecule has 104 valence electrons. The topological polar surface area (TPSA) is 92.0 Å².